The Balaban J connectivity index is 1.42. The molecule has 8 rings (SSSR count). The standard InChI is InChI=1S/C49H39N/c1-32-14-21-41(22-15-32)49(42-23-16-33(2)17-24-42)46-30-37(20-25-45(46)48-44-13-9-8-12-43(44)35(4)26-47(48)49)28-39(38-10-6-5-7-11-38)27-36-19-18-34(3)40(29-36)31-50/h5-26,28-30H,27H2,1-4H3/b39-28-. The third kappa shape index (κ3) is 5.17. The van der Waals surface area contributed by atoms with Crippen LogP contribution in [0.2, 0.25) is 0 Å². The summed E-state index contributed by atoms with van der Waals surface area (Å²) >= 11 is 0. The first-order valence-electron chi connectivity index (χ1n) is 17.4. The van der Waals surface area contributed by atoms with E-state index in [2.05, 4.69) is 172 Å². The number of hydrogen-bond donors (Lipinski definition) is 0. The number of benzene rings is 7. The highest BCUT2D eigenvalue weighted by atomic mass is 14.5. The fourth-order valence-electron chi connectivity index (χ4n) is 8.07. The van der Waals surface area contributed by atoms with Crippen molar-refractivity contribution in [3.05, 3.63) is 212 Å². The summed E-state index contributed by atoms with van der Waals surface area (Å²) in [5, 5.41) is 12.4. The number of nitriles is 1. The third-order valence-electron chi connectivity index (χ3n) is 10.6. The highest BCUT2D eigenvalue weighted by Gasteiger charge is 2.47. The van der Waals surface area contributed by atoms with Gasteiger partial charge in [-0.05, 0) is 124 Å². The Hall–Kier alpha value is -5.97. The molecule has 0 saturated heterocycles. The first-order valence-corrected chi connectivity index (χ1v) is 17.4. The first kappa shape index (κ1) is 31.3. The van der Waals surface area contributed by atoms with Gasteiger partial charge in [0.1, 0.15) is 0 Å². The molecule has 1 aliphatic carbocycles. The van der Waals surface area contributed by atoms with E-state index in [-0.39, 0.29) is 0 Å². The molecule has 0 spiro atoms. The fraction of sp³-hybridized carbons (Fsp3) is 0.122. The summed E-state index contributed by atoms with van der Waals surface area (Å²) < 4.78 is 0. The van der Waals surface area contributed by atoms with E-state index in [1.165, 1.54) is 72.0 Å². The lowest BCUT2D eigenvalue weighted by Crippen LogP contribution is -2.28. The van der Waals surface area contributed by atoms with Crippen molar-refractivity contribution in [2.75, 3.05) is 0 Å². The van der Waals surface area contributed by atoms with Gasteiger partial charge in [-0.1, -0.05) is 151 Å². The van der Waals surface area contributed by atoms with Crippen LogP contribution in [-0.4, -0.2) is 0 Å². The van der Waals surface area contributed by atoms with E-state index < -0.39 is 5.41 Å². The zero-order chi connectivity index (χ0) is 34.4. The van der Waals surface area contributed by atoms with E-state index >= 15 is 0 Å². The van der Waals surface area contributed by atoms with Crippen LogP contribution in [-0.2, 0) is 11.8 Å². The van der Waals surface area contributed by atoms with Crippen LogP contribution in [0, 0.1) is 39.0 Å². The van der Waals surface area contributed by atoms with E-state index in [0.29, 0.717) is 0 Å². The van der Waals surface area contributed by atoms with Crippen LogP contribution in [0.25, 0.3) is 33.5 Å². The van der Waals surface area contributed by atoms with Crippen molar-refractivity contribution in [2.45, 2.75) is 39.5 Å². The lowest BCUT2D eigenvalue weighted by Gasteiger charge is -2.34. The maximum atomic E-state index is 9.78. The van der Waals surface area contributed by atoms with Crippen molar-refractivity contribution in [1.29, 1.82) is 5.26 Å². The highest BCUT2D eigenvalue weighted by molar-refractivity contribution is 6.05. The molecular weight excluding hydrogens is 603 g/mol. The zero-order valence-corrected chi connectivity index (χ0v) is 29.1. The molecule has 7 aromatic rings. The van der Waals surface area contributed by atoms with Crippen molar-refractivity contribution in [1.82, 2.24) is 0 Å². The summed E-state index contributed by atoms with van der Waals surface area (Å²) in [6.07, 6.45) is 3.07. The predicted molar refractivity (Wildman–Crippen MR) is 209 cm³/mol. The summed E-state index contributed by atoms with van der Waals surface area (Å²) in [5.41, 5.74) is 17.5. The van der Waals surface area contributed by atoms with E-state index in [9.17, 15) is 5.26 Å². The van der Waals surface area contributed by atoms with Crippen molar-refractivity contribution < 1.29 is 0 Å². The molecule has 1 aliphatic rings. The van der Waals surface area contributed by atoms with Gasteiger partial charge in [0.05, 0.1) is 17.0 Å². The van der Waals surface area contributed by atoms with Crippen LogP contribution in [0.3, 0.4) is 0 Å². The Bertz CT molecular complexity index is 2430. The second kappa shape index (κ2) is 12.5. The van der Waals surface area contributed by atoms with Gasteiger partial charge >= 0.3 is 0 Å². The van der Waals surface area contributed by atoms with Crippen LogP contribution >= 0.6 is 0 Å². The van der Waals surface area contributed by atoms with Gasteiger partial charge in [0.25, 0.3) is 0 Å². The first-order chi connectivity index (χ1) is 24.4. The smallest absolute Gasteiger partial charge is 0.0994 e. The van der Waals surface area contributed by atoms with E-state index in [0.717, 1.165) is 28.7 Å². The third-order valence-corrected chi connectivity index (χ3v) is 10.6. The largest absolute Gasteiger partial charge is 0.192 e. The molecular formula is C49H39N. The second-order valence-electron chi connectivity index (χ2n) is 13.9. The topological polar surface area (TPSA) is 23.8 Å². The summed E-state index contributed by atoms with van der Waals surface area (Å²) in [4.78, 5) is 0. The molecule has 0 N–H and O–H groups in total. The number of hydrogen-bond acceptors (Lipinski definition) is 1. The van der Waals surface area contributed by atoms with Gasteiger partial charge < -0.3 is 0 Å². The van der Waals surface area contributed by atoms with Crippen LogP contribution in [0.15, 0.2) is 146 Å². The monoisotopic (exact) mass is 641 g/mol. The summed E-state index contributed by atoms with van der Waals surface area (Å²) in [6.45, 7) is 8.58. The molecule has 0 fully saturated rings. The predicted octanol–water partition coefficient (Wildman–Crippen LogP) is 12.1. The number of aryl methyl sites for hydroxylation is 4. The maximum absolute atomic E-state index is 9.78. The molecule has 0 atom stereocenters. The molecule has 1 heteroatoms. The Labute approximate surface area is 295 Å². The van der Waals surface area contributed by atoms with Crippen molar-refractivity contribution in [3.63, 3.8) is 0 Å². The van der Waals surface area contributed by atoms with Gasteiger partial charge in [-0.2, -0.15) is 5.26 Å². The Morgan fingerprint density at radius 1 is 0.600 bits per heavy atom. The van der Waals surface area contributed by atoms with Gasteiger partial charge in [-0.3, -0.25) is 0 Å². The Kier molecular flexibility index (Phi) is 7.82. The average Bonchev–Trinajstić information content (AvgIpc) is 3.43. The lowest BCUT2D eigenvalue weighted by atomic mass is 9.67. The lowest BCUT2D eigenvalue weighted by molar-refractivity contribution is 0.767. The van der Waals surface area contributed by atoms with Gasteiger partial charge in [-0.25, -0.2) is 0 Å². The molecule has 240 valence electrons. The molecule has 0 aromatic heterocycles. The van der Waals surface area contributed by atoms with Crippen LogP contribution in [0.4, 0.5) is 0 Å². The van der Waals surface area contributed by atoms with Gasteiger partial charge in [-0.15, -0.1) is 0 Å². The number of allylic oxidation sites excluding steroid dienone is 1. The summed E-state index contributed by atoms with van der Waals surface area (Å²) in [6, 6.07) is 56.0. The van der Waals surface area contributed by atoms with Crippen LogP contribution in [0.1, 0.15) is 66.8 Å². The SMILES string of the molecule is Cc1ccc(C2(c3ccc(C)cc3)c3cc(/C=C(/Cc4ccc(C)c(C#N)c4)c4ccccc4)ccc3-c3c2cc(C)c2ccccc32)cc1. The molecule has 0 aliphatic heterocycles. The quantitative estimate of drug-likeness (QED) is 0.166. The van der Waals surface area contributed by atoms with E-state index in [4.69, 9.17) is 0 Å². The molecule has 0 unspecified atom stereocenters. The normalized spacial score (nSPS) is 13.1. The van der Waals surface area contributed by atoms with Crippen molar-refractivity contribution in [3.8, 4) is 17.2 Å². The Morgan fingerprint density at radius 2 is 1.24 bits per heavy atom. The molecule has 1 nitrogen and oxygen atoms in total. The molecule has 0 bridgehead atoms. The number of rotatable bonds is 6. The van der Waals surface area contributed by atoms with Crippen LogP contribution in [0.5, 0.6) is 0 Å². The molecule has 0 radical (unpaired) electrons. The van der Waals surface area contributed by atoms with E-state index in [1.54, 1.807) is 0 Å². The van der Waals surface area contributed by atoms with Crippen LogP contribution < -0.4 is 0 Å². The molecule has 0 amide bonds. The van der Waals surface area contributed by atoms with Crippen molar-refractivity contribution in [2.24, 2.45) is 0 Å². The van der Waals surface area contributed by atoms with Gasteiger partial charge in [0.15, 0.2) is 0 Å². The second-order valence-corrected chi connectivity index (χ2v) is 13.9. The zero-order valence-electron chi connectivity index (χ0n) is 29.1. The summed E-state index contributed by atoms with van der Waals surface area (Å²) in [7, 11) is 0. The minimum Gasteiger partial charge on any atom is -0.192 e. The fourth-order valence-corrected chi connectivity index (χ4v) is 8.07. The average molecular weight is 642 g/mol. The molecule has 0 saturated carbocycles. The van der Waals surface area contributed by atoms with Gasteiger partial charge in [0, 0.05) is 0 Å². The van der Waals surface area contributed by atoms with Gasteiger partial charge in [0.2, 0.25) is 0 Å². The minimum absolute atomic E-state index is 0.504. The number of nitrogens with zero attached hydrogens (tertiary/aromatic N) is 1. The van der Waals surface area contributed by atoms with E-state index in [1.807, 2.05) is 13.0 Å². The highest BCUT2D eigenvalue weighted by Crippen LogP contribution is 2.58. The number of fused-ring (bicyclic) bond motifs is 5. The Morgan fingerprint density at radius 3 is 1.90 bits per heavy atom. The molecule has 0 heterocycles. The maximum Gasteiger partial charge on any atom is 0.0994 e. The minimum atomic E-state index is -0.504. The van der Waals surface area contributed by atoms with Crippen molar-refractivity contribution >= 4 is 22.4 Å². The summed E-state index contributed by atoms with van der Waals surface area (Å²) in [5.74, 6) is 0. The molecule has 50 heavy (non-hydrogen) atoms. The molecule has 7 aromatic carbocycles.